The number of phenols is 1. The van der Waals surface area contributed by atoms with Crippen LogP contribution in [0.25, 0.3) is 6.08 Å². The van der Waals surface area contributed by atoms with Gasteiger partial charge in [0, 0.05) is 11.1 Å². The summed E-state index contributed by atoms with van der Waals surface area (Å²) in [5.41, 5.74) is 4.06. The van der Waals surface area contributed by atoms with Gasteiger partial charge < -0.3 is 19.5 Å². The van der Waals surface area contributed by atoms with Crippen molar-refractivity contribution in [2.75, 3.05) is 34.4 Å². The molecular weight excluding hydrogens is 378 g/mol. The van der Waals surface area contributed by atoms with Crippen molar-refractivity contribution < 1.29 is 19.4 Å². The van der Waals surface area contributed by atoms with Crippen LogP contribution in [-0.2, 0) is 0 Å². The minimum absolute atomic E-state index is 0.0487. The fourth-order valence-corrected chi connectivity index (χ4v) is 4.33. The molecule has 0 bridgehead atoms. The van der Waals surface area contributed by atoms with Crippen LogP contribution in [0.3, 0.4) is 0 Å². The molecule has 0 atom stereocenters. The Bertz CT molecular complexity index is 956. The summed E-state index contributed by atoms with van der Waals surface area (Å²) in [5, 5.41) is 10.6. The van der Waals surface area contributed by atoms with Gasteiger partial charge in [-0.1, -0.05) is 12.1 Å². The Morgan fingerprint density at radius 3 is 2.47 bits per heavy atom. The first kappa shape index (κ1) is 21.9. The standard InChI is InChI=1S/C25H31NO4/c1-16-7-6-8-22(29-4)19(16)9-10-20(27)24-21(28)15-17(2)23(25(24)30-5)18-11-13-26(3)14-12-18/h6-10,15,18,28H,11-14H2,1-5H3/b10-9+. The van der Waals surface area contributed by atoms with Crippen molar-refractivity contribution in [3.05, 3.63) is 58.2 Å². The molecule has 0 saturated carbocycles. The number of piperidine rings is 1. The lowest BCUT2D eigenvalue weighted by Crippen LogP contribution is -2.29. The number of aryl methyl sites for hydroxylation is 2. The first-order valence-corrected chi connectivity index (χ1v) is 10.3. The van der Waals surface area contributed by atoms with Crippen molar-refractivity contribution in [2.24, 2.45) is 0 Å². The molecule has 5 heteroatoms. The fraction of sp³-hybridized carbons (Fsp3) is 0.400. The SMILES string of the molecule is COc1cccc(C)c1/C=C/C(=O)c1c(O)cc(C)c(C2CCN(C)CC2)c1OC. The summed E-state index contributed by atoms with van der Waals surface area (Å²) >= 11 is 0. The number of methoxy groups -OCH3 is 2. The van der Waals surface area contributed by atoms with E-state index in [4.69, 9.17) is 9.47 Å². The second-order valence-electron chi connectivity index (χ2n) is 8.00. The monoisotopic (exact) mass is 409 g/mol. The summed E-state index contributed by atoms with van der Waals surface area (Å²) in [6, 6.07) is 7.43. The lowest BCUT2D eigenvalue weighted by molar-refractivity contribution is 0.104. The summed E-state index contributed by atoms with van der Waals surface area (Å²) < 4.78 is 11.1. The average Bonchev–Trinajstić information content (AvgIpc) is 2.72. The summed E-state index contributed by atoms with van der Waals surface area (Å²) in [5.74, 6) is 1.17. The Hall–Kier alpha value is -2.79. The van der Waals surface area contributed by atoms with Gasteiger partial charge in [0.05, 0.1) is 14.2 Å². The van der Waals surface area contributed by atoms with Crippen LogP contribution in [0.5, 0.6) is 17.2 Å². The van der Waals surface area contributed by atoms with E-state index in [1.54, 1.807) is 26.4 Å². The highest BCUT2D eigenvalue weighted by Crippen LogP contribution is 2.42. The number of aromatic hydroxyl groups is 1. The minimum atomic E-state index is -0.288. The molecule has 1 saturated heterocycles. The van der Waals surface area contributed by atoms with Crippen molar-refractivity contribution in [2.45, 2.75) is 32.6 Å². The van der Waals surface area contributed by atoms with Crippen molar-refractivity contribution >= 4 is 11.9 Å². The molecule has 2 aromatic rings. The molecule has 30 heavy (non-hydrogen) atoms. The summed E-state index contributed by atoms with van der Waals surface area (Å²) in [4.78, 5) is 15.5. The zero-order chi connectivity index (χ0) is 21.8. The van der Waals surface area contributed by atoms with Gasteiger partial charge >= 0.3 is 0 Å². The number of phenolic OH excluding ortho intramolecular Hbond substituents is 1. The van der Waals surface area contributed by atoms with E-state index in [1.165, 1.54) is 6.08 Å². The van der Waals surface area contributed by atoms with Crippen molar-refractivity contribution in [1.29, 1.82) is 0 Å². The number of allylic oxidation sites excluding steroid dienone is 1. The quantitative estimate of drug-likeness (QED) is 0.552. The number of hydrogen-bond acceptors (Lipinski definition) is 5. The van der Waals surface area contributed by atoms with Gasteiger partial charge in [0.25, 0.3) is 0 Å². The van der Waals surface area contributed by atoms with E-state index in [1.807, 2.05) is 32.0 Å². The fourth-order valence-electron chi connectivity index (χ4n) is 4.33. The van der Waals surface area contributed by atoms with E-state index in [-0.39, 0.29) is 17.1 Å². The third-order valence-corrected chi connectivity index (χ3v) is 5.99. The molecule has 160 valence electrons. The zero-order valence-electron chi connectivity index (χ0n) is 18.5. The highest BCUT2D eigenvalue weighted by molar-refractivity contribution is 6.11. The van der Waals surface area contributed by atoms with E-state index in [9.17, 15) is 9.90 Å². The van der Waals surface area contributed by atoms with Crippen LogP contribution in [0.15, 0.2) is 30.3 Å². The highest BCUT2D eigenvalue weighted by Gasteiger charge is 2.28. The summed E-state index contributed by atoms with van der Waals surface area (Å²) in [7, 11) is 5.30. The van der Waals surface area contributed by atoms with Crippen LogP contribution in [0, 0.1) is 13.8 Å². The first-order chi connectivity index (χ1) is 14.4. The van der Waals surface area contributed by atoms with Gasteiger partial charge in [-0.05, 0) is 88.2 Å². The maximum atomic E-state index is 13.2. The number of nitrogens with zero attached hydrogens (tertiary/aromatic N) is 1. The summed E-state index contributed by atoms with van der Waals surface area (Å²) in [6.45, 7) is 5.95. The second-order valence-corrected chi connectivity index (χ2v) is 8.00. The van der Waals surface area contributed by atoms with Crippen molar-refractivity contribution in [3.63, 3.8) is 0 Å². The Morgan fingerprint density at radius 1 is 1.13 bits per heavy atom. The van der Waals surface area contributed by atoms with Gasteiger partial charge in [0.15, 0.2) is 5.78 Å². The topological polar surface area (TPSA) is 59.0 Å². The van der Waals surface area contributed by atoms with Crippen LogP contribution in [0.4, 0.5) is 0 Å². The molecule has 1 heterocycles. The first-order valence-electron chi connectivity index (χ1n) is 10.3. The average molecular weight is 410 g/mol. The largest absolute Gasteiger partial charge is 0.507 e. The number of rotatable bonds is 6. The Kier molecular flexibility index (Phi) is 6.83. The maximum Gasteiger partial charge on any atom is 0.193 e. The Balaban J connectivity index is 2.01. The molecule has 0 amide bonds. The van der Waals surface area contributed by atoms with Gasteiger partial charge in [-0.3, -0.25) is 4.79 Å². The van der Waals surface area contributed by atoms with Crippen LogP contribution in [0.2, 0.25) is 0 Å². The molecule has 5 nitrogen and oxygen atoms in total. The van der Waals surface area contributed by atoms with Gasteiger partial charge in [0.1, 0.15) is 22.8 Å². The third kappa shape index (κ3) is 4.36. The Morgan fingerprint density at radius 2 is 1.83 bits per heavy atom. The van der Waals surface area contributed by atoms with E-state index in [0.717, 1.165) is 48.2 Å². The Labute approximate surface area is 178 Å². The lowest BCUT2D eigenvalue weighted by Gasteiger charge is -2.31. The molecule has 0 unspecified atom stereocenters. The lowest BCUT2D eigenvalue weighted by atomic mass is 9.84. The summed E-state index contributed by atoms with van der Waals surface area (Å²) in [6.07, 6.45) is 5.23. The van der Waals surface area contributed by atoms with Gasteiger partial charge in [-0.15, -0.1) is 0 Å². The molecule has 1 N–H and O–H groups in total. The van der Waals surface area contributed by atoms with Gasteiger partial charge in [-0.2, -0.15) is 0 Å². The van der Waals surface area contributed by atoms with E-state index in [2.05, 4.69) is 11.9 Å². The second kappa shape index (κ2) is 9.35. The van der Waals surface area contributed by atoms with E-state index < -0.39 is 0 Å². The number of likely N-dealkylation sites (tertiary alicyclic amines) is 1. The van der Waals surface area contributed by atoms with E-state index >= 15 is 0 Å². The van der Waals surface area contributed by atoms with Gasteiger partial charge in [-0.25, -0.2) is 0 Å². The van der Waals surface area contributed by atoms with Crippen molar-refractivity contribution in [1.82, 2.24) is 4.90 Å². The number of carbonyl (C=O) groups is 1. The smallest absolute Gasteiger partial charge is 0.193 e. The maximum absolute atomic E-state index is 13.2. The van der Waals surface area contributed by atoms with Crippen LogP contribution in [-0.4, -0.2) is 50.1 Å². The van der Waals surface area contributed by atoms with Crippen LogP contribution in [0.1, 0.15) is 51.4 Å². The normalized spacial score (nSPS) is 15.5. The van der Waals surface area contributed by atoms with Gasteiger partial charge in [0.2, 0.25) is 0 Å². The number of ether oxygens (including phenoxy) is 2. The number of carbonyl (C=O) groups excluding carboxylic acids is 1. The molecule has 1 aliphatic heterocycles. The highest BCUT2D eigenvalue weighted by atomic mass is 16.5. The number of benzene rings is 2. The van der Waals surface area contributed by atoms with E-state index in [0.29, 0.717) is 17.4 Å². The molecule has 1 aliphatic rings. The molecule has 2 aromatic carbocycles. The molecule has 1 fully saturated rings. The molecule has 0 aliphatic carbocycles. The van der Waals surface area contributed by atoms with Crippen molar-refractivity contribution in [3.8, 4) is 17.2 Å². The molecule has 3 rings (SSSR count). The molecule has 0 radical (unpaired) electrons. The predicted octanol–water partition coefficient (Wildman–Crippen LogP) is 4.73. The molecule has 0 aromatic heterocycles. The molecular formula is C25H31NO4. The minimum Gasteiger partial charge on any atom is -0.507 e. The third-order valence-electron chi connectivity index (χ3n) is 5.99. The predicted molar refractivity (Wildman–Crippen MR) is 120 cm³/mol. The number of ketones is 1. The molecule has 0 spiro atoms. The van der Waals surface area contributed by atoms with Crippen LogP contribution >= 0.6 is 0 Å². The van der Waals surface area contributed by atoms with Crippen LogP contribution < -0.4 is 9.47 Å². The number of hydrogen-bond donors (Lipinski definition) is 1. The zero-order valence-corrected chi connectivity index (χ0v) is 18.5.